The van der Waals surface area contributed by atoms with Gasteiger partial charge in [0.25, 0.3) is 0 Å². The predicted molar refractivity (Wildman–Crippen MR) is 92.6 cm³/mol. The topological polar surface area (TPSA) is 74.6 Å². The molecule has 0 aliphatic rings. The summed E-state index contributed by atoms with van der Waals surface area (Å²) >= 11 is 0. The smallest absolute Gasteiger partial charge is 0.303 e. The highest BCUT2D eigenvalue weighted by atomic mass is 16.4. The first-order valence-electron chi connectivity index (χ1n) is 6.56. The van der Waals surface area contributed by atoms with E-state index in [-0.39, 0.29) is 12.8 Å². The average molecular weight is 300 g/mol. The second kappa shape index (κ2) is 43.0. The molecule has 0 aromatic heterocycles. The lowest BCUT2D eigenvalue weighted by Gasteiger charge is -1.97. The number of hydrogen-bond donors (Lipinski definition) is 2. The minimum absolute atomic E-state index is 0.221. The summed E-state index contributed by atoms with van der Waals surface area (Å²) in [6, 6.07) is 0. The summed E-state index contributed by atoms with van der Waals surface area (Å²) in [5.74, 6) is -1.52. The third-order valence-corrected chi connectivity index (χ3v) is 1.78. The Hall–Kier alpha value is -2.10. The lowest BCUT2D eigenvalue weighted by molar-refractivity contribution is -0.138. The molecule has 0 rings (SSSR count). The molecular formula is C17H32O4. The number of rotatable bonds is 8. The van der Waals surface area contributed by atoms with Gasteiger partial charge in [0.15, 0.2) is 0 Å². The van der Waals surface area contributed by atoms with Gasteiger partial charge >= 0.3 is 11.9 Å². The van der Waals surface area contributed by atoms with Crippen LogP contribution in [0.1, 0.15) is 44.9 Å². The zero-order valence-electron chi connectivity index (χ0n) is 13.3. The highest BCUT2D eigenvalue weighted by molar-refractivity contribution is 5.66. The molecular weight excluding hydrogens is 268 g/mol. The maximum Gasteiger partial charge on any atom is 0.303 e. The number of carboxylic acids is 2. The molecule has 0 spiro atoms. The largest absolute Gasteiger partial charge is 0.481 e. The summed E-state index contributed by atoms with van der Waals surface area (Å²) in [6.45, 7) is 24.0. The van der Waals surface area contributed by atoms with Gasteiger partial charge in [-0.3, -0.25) is 9.59 Å². The maximum absolute atomic E-state index is 10.1. The van der Waals surface area contributed by atoms with E-state index in [0.717, 1.165) is 19.3 Å². The normalized spacial score (nSPS) is 6.86. The lowest BCUT2D eigenvalue weighted by atomic mass is 10.1. The van der Waals surface area contributed by atoms with E-state index < -0.39 is 11.9 Å². The third-order valence-electron chi connectivity index (χ3n) is 1.78. The standard InChI is InChI=1S/C9H16O4.4C2H4/c10-8(11)6-4-2-1-3-5-7-9(12)13;4*1-2/h1-7H2,(H,10,11)(H,12,13);4*1-2H2. The molecule has 0 unspecified atom stereocenters. The summed E-state index contributed by atoms with van der Waals surface area (Å²) in [4.78, 5) is 20.2. The summed E-state index contributed by atoms with van der Waals surface area (Å²) in [7, 11) is 0. The summed E-state index contributed by atoms with van der Waals surface area (Å²) in [5, 5.41) is 16.6. The van der Waals surface area contributed by atoms with Crippen molar-refractivity contribution in [2.75, 3.05) is 0 Å². The molecule has 0 radical (unpaired) electrons. The van der Waals surface area contributed by atoms with E-state index in [1.54, 1.807) is 0 Å². The zero-order chi connectivity index (χ0) is 18.1. The fourth-order valence-electron chi connectivity index (χ4n) is 1.08. The van der Waals surface area contributed by atoms with Crippen molar-refractivity contribution in [2.45, 2.75) is 44.9 Å². The van der Waals surface area contributed by atoms with Gasteiger partial charge in [-0.25, -0.2) is 0 Å². The van der Waals surface area contributed by atoms with Crippen LogP contribution in [0.2, 0.25) is 0 Å². The minimum Gasteiger partial charge on any atom is -0.481 e. The molecule has 0 amide bonds. The molecule has 0 aliphatic carbocycles. The molecule has 0 aromatic carbocycles. The monoisotopic (exact) mass is 300 g/mol. The van der Waals surface area contributed by atoms with Gasteiger partial charge in [-0.1, -0.05) is 19.3 Å². The van der Waals surface area contributed by atoms with Crippen molar-refractivity contribution in [1.82, 2.24) is 0 Å². The first-order valence-corrected chi connectivity index (χ1v) is 6.56. The summed E-state index contributed by atoms with van der Waals surface area (Å²) in [6.07, 6.45) is 4.53. The molecule has 0 heterocycles. The molecule has 4 nitrogen and oxygen atoms in total. The van der Waals surface area contributed by atoms with Crippen molar-refractivity contribution in [3.63, 3.8) is 0 Å². The Labute approximate surface area is 130 Å². The predicted octanol–water partition coefficient (Wildman–Crippen LogP) is 5.10. The van der Waals surface area contributed by atoms with E-state index in [9.17, 15) is 9.59 Å². The summed E-state index contributed by atoms with van der Waals surface area (Å²) < 4.78 is 0. The Balaban J connectivity index is -0.0000000912. The quantitative estimate of drug-likeness (QED) is 0.483. The van der Waals surface area contributed by atoms with Crippen LogP contribution in [-0.4, -0.2) is 22.2 Å². The van der Waals surface area contributed by atoms with Gasteiger partial charge in [0.1, 0.15) is 0 Å². The highest BCUT2D eigenvalue weighted by Gasteiger charge is 1.98. The number of hydrogen-bond acceptors (Lipinski definition) is 2. The molecule has 21 heavy (non-hydrogen) atoms. The zero-order valence-corrected chi connectivity index (χ0v) is 13.3. The fourth-order valence-corrected chi connectivity index (χ4v) is 1.08. The van der Waals surface area contributed by atoms with E-state index in [0.29, 0.717) is 12.8 Å². The van der Waals surface area contributed by atoms with Gasteiger partial charge in [0, 0.05) is 12.8 Å². The van der Waals surface area contributed by atoms with Gasteiger partial charge in [-0.05, 0) is 12.8 Å². The average Bonchev–Trinajstić information content (AvgIpc) is 2.53. The number of carbonyl (C=O) groups is 2. The molecule has 0 aromatic rings. The van der Waals surface area contributed by atoms with Crippen LogP contribution in [0.3, 0.4) is 0 Å². The fraction of sp³-hybridized carbons (Fsp3) is 0.412. The van der Waals surface area contributed by atoms with Gasteiger partial charge < -0.3 is 10.2 Å². The molecule has 0 aliphatic heterocycles. The molecule has 2 N–H and O–H groups in total. The van der Waals surface area contributed by atoms with Crippen molar-refractivity contribution in [2.24, 2.45) is 0 Å². The van der Waals surface area contributed by atoms with Crippen molar-refractivity contribution in [3.05, 3.63) is 52.6 Å². The Morgan fingerprint density at radius 2 is 0.714 bits per heavy atom. The van der Waals surface area contributed by atoms with Crippen LogP contribution in [0.25, 0.3) is 0 Å². The number of carboxylic acid groups (broad SMARTS) is 2. The van der Waals surface area contributed by atoms with Crippen molar-refractivity contribution in [3.8, 4) is 0 Å². The van der Waals surface area contributed by atoms with E-state index in [4.69, 9.17) is 10.2 Å². The Bertz CT molecular complexity index is 189. The van der Waals surface area contributed by atoms with Crippen LogP contribution in [0.4, 0.5) is 0 Å². The van der Waals surface area contributed by atoms with E-state index >= 15 is 0 Å². The summed E-state index contributed by atoms with van der Waals surface area (Å²) in [5.41, 5.74) is 0. The van der Waals surface area contributed by atoms with E-state index in [1.807, 2.05) is 0 Å². The van der Waals surface area contributed by atoms with Gasteiger partial charge in [-0.2, -0.15) is 0 Å². The van der Waals surface area contributed by atoms with Crippen molar-refractivity contribution >= 4 is 11.9 Å². The van der Waals surface area contributed by atoms with Crippen LogP contribution in [-0.2, 0) is 9.59 Å². The highest BCUT2D eigenvalue weighted by Crippen LogP contribution is 2.06. The van der Waals surface area contributed by atoms with Gasteiger partial charge in [-0.15, -0.1) is 52.6 Å². The Kier molecular flexibility index (Phi) is 64.2. The van der Waals surface area contributed by atoms with Crippen molar-refractivity contribution in [1.29, 1.82) is 0 Å². The Morgan fingerprint density at radius 3 is 0.905 bits per heavy atom. The molecule has 0 fully saturated rings. The Morgan fingerprint density at radius 1 is 0.524 bits per heavy atom. The van der Waals surface area contributed by atoms with Crippen molar-refractivity contribution < 1.29 is 19.8 Å². The van der Waals surface area contributed by atoms with Crippen LogP contribution >= 0.6 is 0 Å². The first kappa shape index (κ1) is 31.3. The first-order chi connectivity index (χ1) is 10.1. The number of unbranched alkanes of at least 4 members (excludes halogenated alkanes) is 4. The van der Waals surface area contributed by atoms with E-state index in [1.165, 1.54) is 0 Å². The third kappa shape index (κ3) is 72.5. The number of aliphatic carboxylic acids is 2. The van der Waals surface area contributed by atoms with Crippen LogP contribution in [0.15, 0.2) is 52.6 Å². The molecule has 124 valence electrons. The lowest BCUT2D eigenvalue weighted by Crippen LogP contribution is -1.95. The minimum atomic E-state index is -0.759. The maximum atomic E-state index is 10.1. The van der Waals surface area contributed by atoms with Crippen LogP contribution in [0.5, 0.6) is 0 Å². The van der Waals surface area contributed by atoms with Gasteiger partial charge in [0.2, 0.25) is 0 Å². The second-order valence-corrected chi connectivity index (χ2v) is 3.06. The van der Waals surface area contributed by atoms with Crippen LogP contribution in [0, 0.1) is 0 Å². The molecule has 4 heteroatoms. The molecule has 0 atom stereocenters. The van der Waals surface area contributed by atoms with Gasteiger partial charge in [0.05, 0.1) is 0 Å². The van der Waals surface area contributed by atoms with E-state index in [2.05, 4.69) is 52.6 Å². The molecule has 0 bridgehead atoms. The van der Waals surface area contributed by atoms with Crippen LogP contribution < -0.4 is 0 Å². The molecule has 0 saturated heterocycles. The second-order valence-electron chi connectivity index (χ2n) is 3.06. The molecule has 0 saturated carbocycles. The SMILES string of the molecule is C=C.C=C.C=C.C=C.O=C(O)CCCCCCCC(=O)O.